The first kappa shape index (κ1) is 15.8. The van der Waals surface area contributed by atoms with E-state index in [0.717, 1.165) is 44.4 Å². The van der Waals surface area contributed by atoms with Gasteiger partial charge >= 0.3 is 0 Å². The Balaban J connectivity index is 2.22. The molecule has 1 atom stereocenters. The van der Waals surface area contributed by atoms with Gasteiger partial charge in [-0.3, -0.25) is 4.79 Å². The van der Waals surface area contributed by atoms with Gasteiger partial charge < -0.3 is 10.2 Å². The third-order valence-electron chi connectivity index (χ3n) is 3.88. The fourth-order valence-corrected chi connectivity index (χ4v) is 2.72. The summed E-state index contributed by atoms with van der Waals surface area (Å²) in [5, 5.41) is 3.02. The van der Waals surface area contributed by atoms with Gasteiger partial charge in [0, 0.05) is 12.6 Å². The molecule has 116 valence electrons. The molecule has 1 amide bonds. The minimum atomic E-state index is -1.59. The van der Waals surface area contributed by atoms with Gasteiger partial charge in [-0.15, -0.1) is 0 Å². The molecule has 1 aromatic carbocycles. The third-order valence-corrected chi connectivity index (χ3v) is 3.88. The number of hydrogen-bond donors (Lipinski definition) is 1. The number of amides is 1. The van der Waals surface area contributed by atoms with Crippen LogP contribution >= 0.6 is 0 Å². The van der Waals surface area contributed by atoms with Crippen LogP contribution in [0.15, 0.2) is 12.1 Å². The molecule has 1 aliphatic rings. The quantitative estimate of drug-likeness (QED) is 0.867. The first-order valence-corrected chi connectivity index (χ1v) is 7.15. The van der Waals surface area contributed by atoms with Crippen LogP contribution in [-0.4, -0.2) is 37.0 Å². The topological polar surface area (TPSA) is 32.3 Å². The SMILES string of the molecule is CNCCC1CCCCN1C(=O)c1ccc(F)c(F)c1F. The van der Waals surface area contributed by atoms with E-state index in [0.29, 0.717) is 6.54 Å². The molecule has 6 heteroatoms. The minimum Gasteiger partial charge on any atom is -0.336 e. The number of carbonyl (C=O) groups excluding carboxylic acids is 1. The molecule has 0 bridgehead atoms. The summed E-state index contributed by atoms with van der Waals surface area (Å²) < 4.78 is 40.0. The van der Waals surface area contributed by atoms with E-state index < -0.39 is 28.9 Å². The zero-order valence-corrected chi connectivity index (χ0v) is 12.0. The Morgan fingerprint density at radius 1 is 1.29 bits per heavy atom. The highest BCUT2D eigenvalue weighted by molar-refractivity contribution is 5.94. The normalized spacial score (nSPS) is 18.9. The van der Waals surface area contributed by atoms with Gasteiger partial charge in [0.2, 0.25) is 0 Å². The van der Waals surface area contributed by atoms with Crippen LogP contribution in [0.2, 0.25) is 0 Å². The van der Waals surface area contributed by atoms with Crippen molar-refractivity contribution in [3.05, 3.63) is 35.1 Å². The number of likely N-dealkylation sites (tertiary alicyclic amines) is 1. The van der Waals surface area contributed by atoms with Gasteiger partial charge in [-0.05, 0) is 51.4 Å². The van der Waals surface area contributed by atoms with Crippen LogP contribution < -0.4 is 5.32 Å². The molecule has 0 saturated carbocycles. The van der Waals surface area contributed by atoms with Crippen LogP contribution in [0.4, 0.5) is 13.2 Å². The zero-order chi connectivity index (χ0) is 15.4. The number of piperidine rings is 1. The van der Waals surface area contributed by atoms with Gasteiger partial charge in [0.05, 0.1) is 5.56 Å². The molecule has 2 rings (SSSR count). The van der Waals surface area contributed by atoms with E-state index in [1.807, 2.05) is 7.05 Å². The molecule has 1 aromatic rings. The van der Waals surface area contributed by atoms with Crippen LogP contribution in [0.3, 0.4) is 0 Å². The number of nitrogens with zero attached hydrogens (tertiary/aromatic N) is 1. The van der Waals surface area contributed by atoms with Crippen LogP contribution in [-0.2, 0) is 0 Å². The van der Waals surface area contributed by atoms with E-state index in [1.54, 1.807) is 4.90 Å². The summed E-state index contributed by atoms with van der Waals surface area (Å²) in [4.78, 5) is 14.0. The smallest absolute Gasteiger partial charge is 0.257 e. The summed E-state index contributed by atoms with van der Waals surface area (Å²) in [6, 6.07) is 1.81. The van der Waals surface area contributed by atoms with Crippen molar-refractivity contribution >= 4 is 5.91 Å². The number of carbonyl (C=O) groups is 1. The van der Waals surface area contributed by atoms with Crippen LogP contribution in [0.1, 0.15) is 36.0 Å². The molecule has 1 aliphatic heterocycles. The summed E-state index contributed by atoms with van der Waals surface area (Å²) in [6.07, 6.45) is 3.46. The summed E-state index contributed by atoms with van der Waals surface area (Å²) >= 11 is 0. The van der Waals surface area contributed by atoms with E-state index in [-0.39, 0.29) is 6.04 Å². The Labute approximate surface area is 122 Å². The fourth-order valence-electron chi connectivity index (χ4n) is 2.72. The molecule has 0 aliphatic carbocycles. The molecule has 0 radical (unpaired) electrons. The van der Waals surface area contributed by atoms with Crippen molar-refractivity contribution in [2.75, 3.05) is 20.1 Å². The summed E-state index contributed by atoms with van der Waals surface area (Å²) in [5.74, 6) is -4.84. The minimum absolute atomic E-state index is 0.00575. The highest BCUT2D eigenvalue weighted by Gasteiger charge is 2.29. The maximum atomic E-state index is 13.8. The molecular formula is C15H19F3N2O. The van der Waals surface area contributed by atoms with Gasteiger partial charge in [-0.2, -0.15) is 0 Å². The average Bonchev–Trinajstić information content (AvgIpc) is 2.50. The van der Waals surface area contributed by atoms with Crippen molar-refractivity contribution in [3.63, 3.8) is 0 Å². The number of benzene rings is 1. The second-order valence-electron chi connectivity index (χ2n) is 5.26. The monoisotopic (exact) mass is 300 g/mol. The lowest BCUT2D eigenvalue weighted by Crippen LogP contribution is -2.45. The lowest BCUT2D eigenvalue weighted by atomic mass is 9.98. The predicted octanol–water partition coefficient (Wildman–Crippen LogP) is 2.71. The molecule has 21 heavy (non-hydrogen) atoms. The number of hydrogen-bond acceptors (Lipinski definition) is 2. The van der Waals surface area contributed by atoms with Crippen LogP contribution in [0, 0.1) is 17.5 Å². The van der Waals surface area contributed by atoms with Gasteiger partial charge in [0.25, 0.3) is 5.91 Å². The summed E-state index contributed by atoms with van der Waals surface area (Å²) in [7, 11) is 1.82. The van der Waals surface area contributed by atoms with E-state index >= 15 is 0 Å². The fraction of sp³-hybridized carbons (Fsp3) is 0.533. The highest BCUT2D eigenvalue weighted by atomic mass is 19.2. The van der Waals surface area contributed by atoms with E-state index in [2.05, 4.69) is 5.32 Å². The second kappa shape index (κ2) is 6.93. The number of halogens is 3. The summed E-state index contributed by atoms with van der Waals surface area (Å²) in [6.45, 7) is 1.26. The summed E-state index contributed by atoms with van der Waals surface area (Å²) in [5.41, 5.74) is -0.398. The molecule has 1 fully saturated rings. The molecule has 1 N–H and O–H groups in total. The maximum absolute atomic E-state index is 13.8. The Hall–Kier alpha value is -1.56. The molecule has 0 spiro atoms. The van der Waals surface area contributed by atoms with Gasteiger partial charge in [-0.1, -0.05) is 0 Å². The lowest BCUT2D eigenvalue weighted by Gasteiger charge is -2.36. The first-order chi connectivity index (χ1) is 10.1. The lowest BCUT2D eigenvalue weighted by molar-refractivity contribution is 0.0596. The van der Waals surface area contributed by atoms with Crippen molar-refractivity contribution in [2.24, 2.45) is 0 Å². The van der Waals surface area contributed by atoms with Crippen molar-refractivity contribution in [3.8, 4) is 0 Å². The van der Waals surface area contributed by atoms with Crippen LogP contribution in [0.25, 0.3) is 0 Å². The maximum Gasteiger partial charge on any atom is 0.257 e. The Kier molecular flexibility index (Phi) is 5.22. The van der Waals surface area contributed by atoms with Gasteiger partial charge in [-0.25, -0.2) is 13.2 Å². The Morgan fingerprint density at radius 3 is 2.76 bits per heavy atom. The Bertz CT molecular complexity index is 522. The van der Waals surface area contributed by atoms with Crippen molar-refractivity contribution in [1.82, 2.24) is 10.2 Å². The second-order valence-corrected chi connectivity index (χ2v) is 5.26. The standard InChI is InChI=1S/C15H19F3N2O/c1-19-8-7-10-4-2-3-9-20(10)15(21)11-5-6-12(16)14(18)13(11)17/h5-6,10,19H,2-4,7-9H2,1H3. The predicted molar refractivity (Wildman–Crippen MR) is 73.5 cm³/mol. The Morgan fingerprint density at radius 2 is 2.05 bits per heavy atom. The average molecular weight is 300 g/mol. The van der Waals surface area contributed by atoms with E-state index in [9.17, 15) is 18.0 Å². The molecule has 1 saturated heterocycles. The molecule has 1 heterocycles. The molecule has 0 aromatic heterocycles. The van der Waals surface area contributed by atoms with E-state index in [4.69, 9.17) is 0 Å². The van der Waals surface area contributed by atoms with Crippen LogP contribution in [0.5, 0.6) is 0 Å². The first-order valence-electron chi connectivity index (χ1n) is 7.15. The van der Waals surface area contributed by atoms with Crippen molar-refractivity contribution < 1.29 is 18.0 Å². The number of nitrogens with one attached hydrogen (secondary N) is 1. The zero-order valence-electron chi connectivity index (χ0n) is 12.0. The highest BCUT2D eigenvalue weighted by Crippen LogP contribution is 2.24. The van der Waals surface area contributed by atoms with Gasteiger partial charge in [0.1, 0.15) is 0 Å². The molecular weight excluding hydrogens is 281 g/mol. The molecule has 3 nitrogen and oxygen atoms in total. The van der Waals surface area contributed by atoms with Crippen molar-refractivity contribution in [2.45, 2.75) is 31.7 Å². The third kappa shape index (κ3) is 3.37. The largest absolute Gasteiger partial charge is 0.336 e. The molecule has 1 unspecified atom stereocenters. The number of rotatable bonds is 4. The van der Waals surface area contributed by atoms with Crippen molar-refractivity contribution in [1.29, 1.82) is 0 Å². The van der Waals surface area contributed by atoms with E-state index in [1.165, 1.54) is 0 Å². The van der Waals surface area contributed by atoms with Gasteiger partial charge in [0.15, 0.2) is 17.5 Å².